The highest BCUT2D eigenvalue weighted by Gasteiger charge is 2.23. The number of ether oxygens (including phenoxy) is 2. The molecule has 0 saturated carbocycles. The van der Waals surface area contributed by atoms with Gasteiger partial charge in [0.25, 0.3) is 60.7 Å². The van der Waals surface area contributed by atoms with E-state index in [1.54, 1.807) is 26.0 Å². The first-order valence-electron chi connectivity index (χ1n) is 22.8. The summed E-state index contributed by atoms with van der Waals surface area (Å²) in [5.41, 5.74) is 1.41. The molecule has 0 radical (unpaired) electrons. The minimum Gasteiger partial charge on any atom is -0.490 e. The SMILES string of the molecule is C=C(N=Nc1ccc(NC(=O)Nc2ccc(N=Nc3cc(C)c(N=Nc4ccc(S(=O)(=O)O)cc4S(=O)(=O)O)cc3OCCS(=O)(=O)O)c(C)c2)cc1C)/C(=C\C(N=Nc1ccc(S(=O)(=O)O)cc1S(=O)(=O)O)=C(C)C)OCCS(=O)(=O)O. The molecule has 0 atom stereocenters. The van der Waals surface area contributed by atoms with Crippen LogP contribution in [0.4, 0.5) is 50.3 Å². The highest BCUT2D eigenvalue weighted by Crippen LogP contribution is 2.39. The summed E-state index contributed by atoms with van der Waals surface area (Å²) < 4.78 is 208. The molecule has 0 heterocycles. The molecule has 0 unspecified atom stereocenters. The summed E-state index contributed by atoms with van der Waals surface area (Å²) in [5.74, 6) is -2.13. The zero-order chi connectivity index (χ0) is 62.0. The summed E-state index contributed by atoms with van der Waals surface area (Å²) >= 11 is 0. The first-order chi connectivity index (χ1) is 38.3. The molecule has 0 aromatic heterocycles. The van der Waals surface area contributed by atoms with E-state index in [4.69, 9.17) is 9.47 Å². The van der Waals surface area contributed by atoms with E-state index in [0.717, 1.165) is 30.3 Å². The summed E-state index contributed by atoms with van der Waals surface area (Å²) in [4.78, 5) is 9.40. The second kappa shape index (κ2) is 26.5. The Kier molecular flexibility index (Phi) is 21.0. The Bertz CT molecular complexity index is 4320. The number of carbonyl (C=O) groups excluding carboxylic acids is 1. The average Bonchev–Trinajstić information content (AvgIpc) is 3.57. The van der Waals surface area contributed by atoms with Crippen molar-refractivity contribution in [1.29, 1.82) is 0 Å². The van der Waals surface area contributed by atoms with Gasteiger partial charge < -0.3 is 20.1 Å². The van der Waals surface area contributed by atoms with Crippen LogP contribution in [0.3, 0.4) is 0 Å². The second-order valence-electron chi connectivity index (χ2n) is 17.3. The highest BCUT2D eigenvalue weighted by atomic mass is 32.2. The van der Waals surface area contributed by atoms with Gasteiger partial charge in [-0.2, -0.15) is 71.0 Å². The van der Waals surface area contributed by atoms with Gasteiger partial charge in [0.1, 0.15) is 68.8 Å². The van der Waals surface area contributed by atoms with Crippen molar-refractivity contribution in [3.8, 4) is 5.75 Å². The van der Waals surface area contributed by atoms with Gasteiger partial charge in [0.15, 0.2) is 0 Å². The van der Waals surface area contributed by atoms with E-state index >= 15 is 0 Å². The van der Waals surface area contributed by atoms with Crippen LogP contribution in [0.1, 0.15) is 30.5 Å². The van der Waals surface area contributed by atoms with E-state index in [0.29, 0.717) is 45.8 Å². The van der Waals surface area contributed by atoms with Crippen molar-refractivity contribution >= 4 is 112 Å². The van der Waals surface area contributed by atoms with Gasteiger partial charge in [-0.25, -0.2) is 4.79 Å². The van der Waals surface area contributed by atoms with Crippen molar-refractivity contribution in [2.24, 2.45) is 40.9 Å². The Morgan fingerprint density at radius 2 is 0.928 bits per heavy atom. The lowest BCUT2D eigenvalue weighted by molar-refractivity contribution is 0.236. The number of azo groups is 4. The van der Waals surface area contributed by atoms with Crippen molar-refractivity contribution in [3.05, 3.63) is 137 Å². The Morgan fingerprint density at radius 3 is 1.40 bits per heavy atom. The van der Waals surface area contributed by atoms with Crippen LogP contribution in [0.15, 0.2) is 181 Å². The number of nitrogens with zero attached hydrogens (tertiary/aromatic N) is 8. The molecule has 0 fully saturated rings. The van der Waals surface area contributed by atoms with Crippen LogP contribution in [0.2, 0.25) is 0 Å². The Hall–Kier alpha value is -7.95. The number of amides is 2. The van der Waals surface area contributed by atoms with Gasteiger partial charge in [-0.15, -0.1) is 20.5 Å². The van der Waals surface area contributed by atoms with Gasteiger partial charge in [0.05, 0.1) is 32.6 Å². The first kappa shape index (κ1) is 65.9. The molecule has 83 heavy (non-hydrogen) atoms. The third-order valence-corrected chi connectivity index (χ3v) is 15.4. The zero-order valence-electron chi connectivity index (χ0n) is 43.5. The molecular formula is C46H48N10O21S6. The molecule has 2 amide bonds. The predicted molar refractivity (Wildman–Crippen MR) is 296 cm³/mol. The lowest BCUT2D eigenvalue weighted by Crippen LogP contribution is -2.19. The maximum Gasteiger partial charge on any atom is 0.323 e. The van der Waals surface area contributed by atoms with Crippen molar-refractivity contribution in [2.75, 3.05) is 35.4 Å². The molecule has 5 rings (SSSR count). The molecule has 0 bridgehead atoms. The quantitative estimate of drug-likeness (QED) is 0.0123. The minimum atomic E-state index is -5.12. The lowest BCUT2D eigenvalue weighted by Gasteiger charge is -2.11. The summed E-state index contributed by atoms with van der Waals surface area (Å²) in [5, 5.41) is 37.6. The summed E-state index contributed by atoms with van der Waals surface area (Å²) in [7, 11) is -29.0. The van der Waals surface area contributed by atoms with Crippen LogP contribution in [0.25, 0.3) is 0 Å². The number of nitrogens with one attached hydrogen (secondary N) is 2. The van der Waals surface area contributed by atoms with Crippen molar-refractivity contribution in [1.82, 2.24) is 0 Å². The number of aryl methyl sites for hydroxylation is 3. The van der Waals surface area contributed by atoms with E-state index in [1.165, 1.54) is 57.2 Å². The normalized spacial score (nSPS) is 13.0. The van der Waals surface area contributed by atoms with E-state index in [9.17, 15) is 82.6 Å². The van der Waals surface area contributed by atoms with Gasteiger partial charge in [-0.3, -0.25) is 27.3 Å². The number of urea groups is 1. The van der Waals surface area contributed by atoms with Crippen LogP contribution in [0.5, 0.6) is 5.75 Å². The largest absolute Gasteiger partial charge is 0.490 e. The third-order valence-electron chi connectivity index (χ3n) is 10.5. The number of carbonyl (C=O) groups is 1. The molecule has 0 aliphatic heterocycles. The second-order valence-corrected chi connectivity index (χ2v) is 26.0. The molecular weight excluding hydrogens is 1220 g/mol. The Balaban J connectivity index is 1.32. The molecule has 31 nitrogen and oxygen atoms in total. The lowest BCUT2D eigenvalue weighted by atomic mass is 10.1. The molecule has 0 aliphatic carbocycles. The van der Waals surface area contributed by atoms with Crippen molar-refractivity contribution < 1.29 is 92.1 Å². The molecule has 444 valence electrons. The molecule has 0 spiro atoms. The molecule has 37 heteroatoms. The summed E-state index contributed by atoms with van der Waals surface area (Å²) in [6.07, 6.45) is 1.16. The van der Waals surface area contributed by atoms with E-state index < -0.39 is 122 Å². The zero-order valence-corrected chi connectivity index (χ0v) is 48.4. The van der Waals surface area contributed by atoms with Crippen LogP contribution in [-0.2, 0) is 65.4 Å². The van der Waals surface area contributed by atoms with E-state index in [2.05, 4.69) is 58.1 Å². The maximum absolute atomic E-state index is 13.2. The highest BCUT2D eigenvalue weighted by molar-refractivity contribution is 7.87. The molecule has 0 aliphatic rings. The maximum atomic E-state index is 13.2. The van der Waals surface area contributed by atoms with Crippen molar-refractivity contribution in [2.45, 2.75) is 54.2 Å². The topological polar surface area (TPSA) is 485 Å². The van der Waals surface area contributed by atoms with Gasteiger partial charge in [0, 0.05) is 23.5 Å². The third kappa shape index (κ3) is 20.2. The number of hydrogen-bond acceptors (Lipinski definition) is 23. The summed E-state index contributed by atoms with van der Waals surface area (Å²) in [6, 6.07) is 15.2. The van der Waals surface area contributed by atoms with Crippen LogP contribution in [-0.4, -0.2) is 109 Å². The number of benzene rings is 5. The number of anilines is 2. The van der Waals surface area contributed by atoms with Crippen LogP contribution in [0, 0.1) is 20.8 Å². The molecule has 5 aromatic rings. The molecule has 5 aromatic carbocycles. The number of allylic oxidation sites excluding steroid dienone is 2. The fraction of sp³-hybridized carbons (Fsp3) is 0.196. The molecule has 8 N–H and O–H groups in total. The average molecular weight is 1270 g/mol. The Morgan fingerprint density at radius 1 is 0.506 bits per heavy atom. The summed E-state index contributed by atoms with van der Waals surface area (Å²) in [6.45, 7) is 10.4. The van der Waals surface area contributed by atoms with Crippen LogP contribution < -0.4 is 15.4 Å². The fourth-order valence-corrected chi connectivity index (χ4v) is 9.49. The molecule has 0 saturated heterocycles. The minimum absolute atomic E-state index is 0.0103. The van der Waals surface area contributed by atoms with Gasteiger partial charge in [-0.1, -0.05) is 6.58 Å². The monoisotopic (exact) mass is 1270 g/mol. The van der Waals surface area contributed by atoms with Crippen molar-refractivity contribution in [3.63, 3.8) is 0 Å². The predicted octanol–water partition coefficient (Wildman–Crippen LogP) is 9.80. The number of hydrogen-bond donors (Lipinski definition) is 8. The smallest absolute Gasteiger partial charge is 0.323 e. The van der Waals surface area contributed by atoms with Crippen LogP contribution >= 0.6 is 0 Å². The fourth-order valence-electron chi connectivity index (χ4n) is 6.44. The van der Waals surface area contributed by atoms with Gasteiger partial charge in [-0.05, 0) is 136 Å². The Labute approximate surface area is 474 Å². The number of rotatable bonds is 24. The van der Waals surface area contributed by atoms with Gasteiger partial charge >= 0.3 is 6.03 Å². The first-order valence-corrected chi connectivity index (χ1v) is 31.8. The van der Waals surface area contributed by atoms with E-state index in [1.807, 2.05) is 0 Å². The standard InChI is InChI=1S/C46H48N10O21S6/c1-26(2)39(54-52-37-13-9-33(80(64,65)66)22-44(37)82(70,71)72)24-42(76-15-17-78(58,59)60)30(6)49-50-35-11-7-31(19-27(35)3)47-46(57)48-32-8-12-36(28(4)20-32)51-56-41-21-29(5)40(25-43(41)77-16-18-79(61,62)63)55-53-38-14-10-34(81(67,68)69)23-45(38)83(73,74)75/h7-14,19-25H,6,15-18H2,1-5H3,(H2,47,48,57)(H,58,59,60)(H,61,62,63)(H,64,65,66)(H,67,68,69)(H,70,71,72)(H,73,74,75)/b42-24+,50-49?,54-52?,55-53?,56-51?. The van der Waals surface area contributed by atoms with Gasteiger partial charge in [0.2, 0.25) is 0 Å². The van der Waals surface area contributed by atoms with E-state index in [-0.39, 0.29) is 45.7 Å².